The molecule has 9 heteroatoms. The quantitative estimate of drug-likeness (QED) is 0.609. The summed E-state index contributed by atoms with van der Waals surface area (Å²) in [5.41, 5.74) is 5.52. The summed E-state index contributed by atoms with van der Waals surface area (Å²) in [5.74, 6) is 1.60. The van der Waals surface area contributed by atoms with Crippen LogP contribution in [0.15, 0.2) is 29.2 Å². The highest BCUT2D eigenvalue weighted by Gasteiger charge is 2.13. The first-order valence-electron chi connectivity index (χ1n) is 7.05. The summed E-state index contributed by atoms with van der Waals surface area (Å²) in [4.78, 5) is 13.5. The molecule has 1 atom stereocenters. The summed E-state index contributed by atoms with van der Waals surface area (Å²) in [6.45, 7) is 2.75. The maximum Gasteiger partial charge on any atom is 0.238 e. The third kappa shape index (κ3) is 6.78. The van der Waals surface area contributed by atoms with Crippen molar-refractivity contribution in [3.8, 4) is 5.75 Å². The number of carbonyl (C=O) groups is 1. The van der Waals surface area contributed by atoms with Gasteiger partial charge in [0.15, 0.2) is 0 Å². The number of rotatable bonds is 9. The molecule has 0 spiro atoms. The van der Waals surface area contributed by atoms with Gasteiger partial charge >= 0.3 is 0 Å². The summed E-state index contributed by atoms with van der Waals surface area (Å²) in [6.07, 6.45) is 0. The van der Waals surface area contributed by atoms with Crippen LogP contribution in [0.5, 0.6) is 5.75 Å². The van der Waals surface area contributed by atoms with Crippen molar-refractivity contribution in [3.63, 3.8) is 0 Å². The van der Waals surface area contributed by atoms with Crippen LogP contribution in [0.1, 0.15) is 6.92 Å². The molecule has 130 valence electrons. The van der Waals surface area contributed by atoms with Gasteiger partial charge in [0.2, 0.25) is 15.9 Å². The van der Waals surface area contributed by atoms with Gasteiger partial charge in [-0.15, -0.1) is 11.8 Å². The van der Waals surface area contributed by atoms with E-state index in [1.54, 1.807) is 24.1 Å². The van der Waals surface area contributed by atoms with E-state index in [1.165, 1.54) is 23.9 Å². The number of sulfonamides is 1. The maximum atomic E-state index is 11.8. The first-order chi connectivity index (χ1) is 10.8. The fraction of sp³-hybridized carbons (Fsp3) is 0.500. The lowest BCUT2D eigenvalue weighted by Crippen LogP contribution is -2.40. The molecule has 0 fully saturated rings. The summed E-state index contributed by atoms with van der Waals surface area (Å²) < 4.78 is 27.7. The molecule has 0 aliphatic rings. The molecule has 1 amide bonds. The number of hydrogen-bond donors (Lipinski definition) is 2. The summed E-state index contributed by atoms with van der Waals surface area (Å²) in [7, 11) is -1.95. The molecule has 23 heavy (non-hydrogen) atoms. The van der Waals surface area contributed by atoms with E-state index in [9.17, 15) is 13.2 Å². The summed E-state index contributed by atoms with van der Waals surface area (Å²) in [6, 6.07) is 5.91. The largest absolute Gasteiger partial charge is 0.493 e. The predicted molar refractivity (Wildman–Crippen MR) is 91.9 cm³/mol. The second-order valence-corrected chi connectivity index (χ2v) is 7.67. The molecule has 0 bridgehead atoms. The Kier molecular flexibility index (Phi) is 7.83. The molecule has 0 heterocycles. The Labute approximate surface area is 141 Å². The van der Waals surface area contributed by atoms with Crippen LogP contribution in [0.25, 0.3) is 0 Å². The Bertz CT molecular complexity index is 605. The van der Waals surface area contributed by atoms with Crippen LogP contribution in [-0.2, 0) is 14.8 Å². The number of nitrogens with two attached hydrogens (primary N) is 2. The fourth-order valence-corrected chi connectivity index (χ4v) is 2.85. The zero-order valence-corrected chi connectivity index (χ0v) is 14.9. The predicted octanol–water partition coefficient (Wildman–Crippen LogP) is 0.252. The third-order valence-corrected chi connectivity index (χ3v) is 5.11. The van der Waals surface area contributed by atoms with E-state index in [4.69, 9.17) is 15.6 Å². The van der Waals surface area contributed by atoms with Gasteiger partial charge in [-0.2, -0.15) is 0 Å². The van der Waals surface area contributed by atoms with Crippen molar-refractivity contribution in [2.75, 3.05) is 31.7 Å². The van der Waals surface area contributed by atoms with E-state index in [2.05, 4.69) is 0 Å². The average Bonchev–Trinajstić information content (AvgIpc) is 2.52. The zero-order valence-electron chi connectivity index (χ0n) is 13.3. The Balaban J connectivity index is 2.29. The van der Waals surface area contributed by atoms with Crippen LogP contribution < -0.4 is 15.6 Å². The Morgan fingerprint density at radius 1 is 1.35 bits per heavy atom. The molecule has 7 nitrogen and oxygen atoms in total. The van der Waals surface area contributed by atoms with Gasteiger partial charge in [-0.25, -0.2) is 13.6 Å². The number of ether oxygens (including phenoxy) is 1. The lowest BCUT2D eigenvalue weighted by Gasteiger charge is -2.23. The Morgan fingerprint density at radius 3 is 2.48 bits per heavy atom. The average molecular weight is 361 g/mol. The second-order valence-electron chi connectivity index (χ2n) is 5.01. The van der Waals surface area contributed by atoms with Gasteiger partial charge in [0.1, 0.15) is 5.75 Å². The summed E-state index contributed by atoms with van der Waals surface area (Å²) >= 11 is 1.47. The lowest BCUT2D eigenvalue weighted by molar-refractivity contribution is -0.128. The lowest BCUT2D eigenvalue weighted by atomic mass is 10.3. The van der Waals surface area contributed by atoms with Gasteiger partial charge in [-0.1, -0.05) is 0 Å². The van der Waals surface area contributed by atoms with E-state index < -0.39 is 10.0 Å². The number of nitrogens with zero attached hydrogens (tertiary/aromatic N) is 1. The van der Waals surface area contributed by atoms with Crippen molar-refractivity contribution >= 4 is 27.7 Å². The van der Waals surface area contributed by atoms with Gasteiger partial charge in [0.25, 0.3) is 0 Å². The first kappa shape index (κ1) is 19.8. The number of thioether (sulfide) groups is 1. The Morgan fingerprint density at radius 2 is 1.96 bits per heavy atom. The van der Waals surface area contributed by atoms with E-state index in [0.29, 0.717) is 30.4 Å². The number of likely N-dealkylation sites (N-methyl/N-ethyl adjacent to an activating group) is 1. The molecule has 0 radical (unpaired) electrons. The first-order valence-corrected chi connectivity index (χ1v) is 9.75. The highest BCUT2D eigenvalue weighted by molar-refractivity contribution is 7.99. The van der Waals surface area contributed by atoms with E-state index in [0.717, 1.165) is 0 Å². The molecule has 1 aromatic carbocycles. The minimum absolute atomic E-state index is 0.0247. The van der Waals surface area contributed by atoms with Crippen LogP contribution in [0, 0.1) is 0 Å². The smallest absolute Gasteiger partial charge is 0.238 e. The number of amides is 1. The molecule has 1 aromatic rings. The fourth-order valence-electron chi connectivity index (χ4n) is 1.61. The molecule has 0 saturated carbocycles. The molecule has 0 saturated heterocycles. The molecular weight excluding hydrogens is 338 g/mol. The van der Waals surface area contributed by atoms with Crippen LogP contribution in [-0.4, -0.2) is 57.0 Å². The highest BCUT2D eigenvalue weighted by Crippen LogP contribution is 2.15. The minimum Gasteiger partial charge on any atom is -0.493 e. The normalized spacial score (nSPS) is 12.7. The standard InChI is InChI=1S/C14H23N3O4S2/c1-11(9-15)17(2)14(18)10-22-8-7-21-12-3-5-13(6-4-12)23(16,19)20/h3-6,11H,7-10,15H2,1-2H3,(H2,16,19,20). The van der Waals surface area contributed by atoms with E-state index >= 15 is 0 Å². The van der Waals surface area contributed by atoms with Gasteiger partial charge in [-0.05, 0) is 31.2 Å². The zero-order chi connectivity index (χ0) is 17.5. The molecular formula is C14H23N3O4S2. The van der Waals surface area contributed by atoms with Crippen LogP contribution >= 0.6 is 11.8 Å². The topological polar surface area (TPSA) is 116 Å². The van der Waals surface area contributed by atoms with Crippen molar-refractivity contribution in [1.82, 2.24) is 4.90 Å². The number of hydrogen-bond acceptors (Lipinski definition) is 6. The third-order valence-electron chi connectivity index (χ3n) is 3.27. The summed E-state index contributed by atoms with van der Waals surface area (Å²) in [5, 5.41) is 5.01. The van der Waals surface area contributed by atoms with Crippen LogP contribution in [0.3, 0.4) is 0 Å². The van der Waals surface area contributed by atoms with Crippen LogP contribution in [0.4, 0.5) is 0 Å². The molecule has 0 aromatic heterocycles. The van der Waals surface area contributed by atoms with Crippen molar-refractivity contribution in [2.45, 2.75) is 17.9 Å². The van der Waals surface area contributed by atoms with Crippen molar-refractivity contribution in [3.05, 3.63) is 24.3 Å². The number of primary sulfonamides is 1. The van der Waals surface area contributed by atoms with E-state index in [1.807, 2.05) is 6.92 Å². The minimum atomic E-state index is -3.69. The maximum absolute atomic E-state index is 11.8. The highest BCUT2D eigenvalue weighted by atomic mass is 32.2. The van der Waals surface area contributed by atoms with Crippen molar-refractivity contribution < 1.29 is 17.9 Å². The molecule has 1 rings (SSSR count). The Hall–Kier alpha value is -1.29. The van der Waals surface area contributed by atoms with Gasteiger partial charge in [-0.3, -0.25) is 4.79 Å². The second kappa shape index (κ2) is 9.11. The SMILES string of the molecule is CC(CN)N(C)C(=O)CSCCOc1ccc(S(N)(=O)=O)cc1. The molecule has 1 unspecified atom stereocenters. The van der Waals surface area contributed by atoms with Crippen molar-refractivity contribution in [1.29, 1.82) is 0 Å². The molecule has 4 N–H and O–H groups in total. The molecule has 0 aliphatic carbocycles. The number of benzene rings is 1. The van der Waals surface area contributed by atoms with Gasteiger partial charge < -0.3 is 15.4 Å². The van der Waals surface area contributed by atoms with Crippen LogP contribution in [0.2, 0.25) is 0 Å². The van der Waals surface area contributed by atoms with Gasteiger partial charge in [0.05, 0.1) is 17.3 Å². The molecule has 0 aliphatic heterocycles. The number of carbonyl (C=O) groups excluding carboxylic acids is 1. The van der Waals surface area contributed by atoms with Crippen molar-refractivity contribution in [2.24, 2.45) is 10.9 Å². The van der Waals surface area contributed by atoms with E-state index in [-0.39, 0.29) is 16.8 Å². The monoisotopic (exact) mass is 361 g/mol. The van der Waals surface area contributed by atoms with Gasteiger partial charge in [0, 0.05) is 25.4 Å².